The van der Waals surface area contributed by atoms with Crippen molar-refractivity contribution in [1.82, 2.24) is 0 Å². The minimum Gasteiger partial charge on any atom is -0.508 e. The number of hydrogen-bond donors (Lipinski definition) is 1. The molecule has 94 valence electrons. The van der Waals surface area contributed by atoms with Gasteiger partial charge < -0.3 is 14.3 Å². The first-order chi connectivity index (χ1) is 8.67. The average Bonchev–Trinajstić information content (AvgIpc) is 2.35. The summed E-state index contributed by atoms with van der Waals surface area (Å²) < 4.78 is 10.1. The summed E-state index contributed by atoms with van der Waals surface area (Å²) in [5.74, 6) is 1.21. The molecule has 0 atom stereocenters. The number of ether oxygens (including phenoxy) is 1. The van der Waals surface area contributed by atoms with Crippen molar-refractivity contribution < 1.29 is 14.3 Å². The van der Waals surface area contributed by atoms with Crippen LogP contribution in [-0.4, -0.2) is 12.2 Å². The lowest BCUT2D eigenvalue weighted by molar-refractivity contribution is 0.413. The molecular weight excluding hydrogens is 232 g/mol. The largest absolute Gasteiger partial charge is 0.508 e. The van der Waals surface area contributed by atoms with Gasteiger partial charge in [0.1, 0.15) is 17.3 Å². The van der Waals surface area contributed by atoms with Crippen molar-refractivity contribution in [3.63, 3.8) is 0 Å². The molecule has 4 nitrogen and oxygen atoms in total. The fourth-order valence-corrected chi connectivity index (χ4v) is 1.73. The Morgan fingerprint density at radius 2 is 2.06 bits per heavy atom. The van der Waals surface area contributed by atoms with E-state index in [9.17, 15) is 9.90 Å². The van der Waals surface area contributed by atoms with E-state index in [1.807, 2.05) is 24.3 Å². The van der Waals surface area contributed by atoms with E-state index in [2.05, 4.69) is 0 Å². The van der Waals surface area contributed by atoms with Crippen LogP contribution >= 0.6 is 0 Å². The maximum atomic E-state index is 11.1. The first-order valence-corrected chi connectivity index (χ1v) is 5.63. The van der Waals surface area contributed by atoms with E-state index in [1.165, 1.54) is 6.07 Å². The predicted octanol–water partition coefficient (Wildman–Crippen LogP) is 2.14. The van der Waals surface area contributed by atoms with Gasteiger partial charge in [0.15, 0.2) is 0 Å². The lowest BCUT2D eigenvalue weighted by Crippen LogP contribution is -2.00. The van der Waals surface area contributed by atoms with Crippen LogP contribution in [0, 0.1) is 0 Å². The highest BCUT2D eigenvalue weighted by Crippen LogP contribution is 2.15. The maximum Gasteiger partial charge on any atom is 0.339 e. The van der Waals surface area contributed by atoms with Gasteiger partial charge in [-0.05, 0) is 24.1 Å². The van der Waals surface area contributed by atoms with Crippen LogP contribution in [0.1, 0.15) is 11.3 Å². The van der Waals surface area contributed by atoms with Crippen molar-refractivity contribution in [2.45, 2.75) is 12.8 Å². The van der Waals surface area contributed by atoms with Crippen LogP contribution in [-0.2, 0) is 12.8 Å². The first-order valence-electron chi connectivity index (χ1n) is 5.63. The van der Waals surface area contributed by atoms with E-state index < -0.39 is 5.63 Å². The fourth-order valence-electron chi connectivity index (χ4n) is 1.73. The third kappa shape index (κ3) is 3.13. The lowest BCUT2D eigenvalue weighted by Gasteiger charge is -2.04. The van der Waals surface area contributed by atoms with E-state index in [-0.39, 0.29) is 5.75 Å². The molecule has 1 N–H and O–H groups in total. The number of benzene rings is 1. The molecule has 1 heterocycles. The molecule has 0 unspecified atom stereocenters. The predicted molar refractivity (Wildman–Crippen MR) is 67.0 cm³/mol. The molecule has 0 spiro atoms. The highest BCUT2D eigenvalue weighted by atomic mass is 16.5. The Labute approximate surface area is 104 Å². The molecule has 0 fully saturated rings. The minimum absolute atomic E-state index is 0.0631. The van der Waals surface area contributed by atoms with Crippen LogP contribution in [0.15, 0.2) is 45.6 Å². The van der Waals surface area contributed by atoms with E-state index in [4.69, 9.17) is 9.15 Å². The topological polar surface area (TPSA) is 59.7 Å². The Morgan fingerprint density at radius 3 is 2.78 bits per heavy atom. The zero-order chi connectivity index (χ0) is 13.0. The SMILES string of the molecule is COc1cccc(CCc2cc(O)cc(=O)o2)c1. The summed E-state index contributed by atoms with van der Waals surface area (Å²) in [7, 11) is 1.62. The van der Waals surface area contributed by atoms with Crippen molar-refractivity contribution in [3.8, 4) is 11.5 Å². The van der Waals surface area contributed by atoms with Crippen molar-refractivity contribution in [3.05, 3.63) is 58.1 Å². The first kappa shape index (κ1) is 12.2. The molecule has 0 aliphatic heterocycles. The normalized spacial score (nSPS) is 10.3. The van der Waals surface area contributed by atoms with Gasteiger partial charge in [-0.3, -0.25) is 0 Å². The number of methoxy groups -OCH3 is 1. The zero-order valence-electron chi connectivity index (χ0n) is 10.1. The summed E-state index contributed by atoms with van der Waals surface area (Å²) in [6.07, 6.45) is 1.26. The average molecular weight is 246 g/mol. The summed E-state index contributed by atoms with van der Waals surface area (Å²) >= 11 is 0. The molecule has 0 saturated heterocycles. The summed E-state index contributed by atoms with van der Waals surface area (Å²) in [6.45, 7) is 0. The van der Waals surface area contributed by atoms with Gasteiger partial charge in [0.25, 0.3) is 0 Å². The third-order valence-electron chi connectivity index (χ3n) is 2.60. The van der Waals surface area contributed by atoms with E-state index >= 15 is 0 Å². The van der Waals surface area contributed by atoms with Crippen LogP contribution in [0.5, 0.6) is 11.5 Å². The van der Waals surface area contributed by atoms with Gasteiger partial charge in [0.05, 0.1) is 13.2 Å². The van der Waals surface area contributed by atoms with Crippen LogP contribution in [0.25, 0.3) is 0 Å². The summed E-state index contributed by atoms with van der Waals surface area (Å²) in [5.41, 5.74) is 0.552. The Hall–Kier alpha value is -2.23. The molecule has 1 aromatic carbocycles. The number of aryl methyl sites for hydroxylation is 2. The minimum atomic E-state index is -0.532. The second kappa shape index (κ2) is 5.40. The molecule has 1 aromatic heterocycles. The highest BCUT2D eigenvalue weighted by molar-refractivity contribution is 5.29. The monoisotopic (exact) mass is 246 g/mol. The Kier molecular flexibility index (Phi) is 3.67. The summed E-state index contributed by atoms with van der Waals surface area (Å²) in [4.78, 5) is 11.1. The molecule has 0 aliphatic carbocycles. The molecular formula is C14H14O4. The Bertz CT molecular complexity index is 586. The lowest BCUT2D eigenvalue weighted by atomic mass is 10.1. The molecule has 0 bridgehead atoms. The van der Waals surface area contributed by atoms with Gasteiger partial charge in [-0.2, -0.15) is 0 Å². The molecule has 0 amide bonds. The molecule has 18 heavy (non-hydrogen) atoms. The Balaban J connectivity index is 2.08. The third-order valence-corrected chi connectivity index (χ3v) is 2.60. The molecule has 0 aliphatic rings. The van der Waals surface area contributed by atoms with Crippen LogP contribution in [0.3, 0.4) is 0 Å². The number of aromatic hydroxyl groups is 1. The van der Waals surface area contributed by atoms with Crippen molar-refractivity contribution in [1.29, 1.82) is 0 Å². The van der Waals surface area contributed by atoms with Gasteiger partial charge in [0, 0.05) is 12.5 Å². The second-order valence-electron chi connectivity index (χ2n) is 3.95. The van der Waals surface area contributed by atoms with E-state index in [0.29, 0.717) is 18.6 Å². The molecule has 2 aromatic rings. The summed E-state index contributed by atoms with van der Waals surface area (Å²) in [5, 5.41) is 9.29. The van der Waals surface area contributed by atoms with Crippen molar-refractivity contribution >= 4 is 0 Å². The molecule has 0 saturated carbocycles. The fraction of sp³-hybridized carbons (Fsp3) is 0.214. The van der Waals surface area contributed by atoms with Gasteiger partial charge in [-0.25, -0.2) is 4.79 Å². The maximum absolute atomic E-state index is 11.1. The Morgan fingerprint density at radius 1 is 1.22 bits per heavy atom. The molecule has 0 radical (unpaired) electrons. The highest BCUT2D eigenvalue weighted by Gasteiger charge is 2.02. The number of rotatable bonds is 4. The van der Waals surface area contributed by atoms with Gasteiger partial charge in [-0.15, -0.1) is 0 Å². The zero-order valence-corrected chi connectivity index (χ0v) is 10.1. The molecule has 2 rings (SSSR count). The van der Waals surface area contributed by atoms with Gasteiger partial charge >= 0.3 is 5.63 Å². The van der Waals surface area contributed by atoms with E-state index in [1.54, 1.807) is 7.11 Å². The van der Waals surface area contributed by atoms with Crippen molar-refractivity contribution in [2.24, 2.45) is 0 Å². The van der Waals surface area contributed by atoms with Gasteiger partial charge in [-0.1, -0.05) is 12.1 Å². The van der Waals surface area contributed by atoms with Crippen molar-refractivity contribution in [2.75, 3.05) is 7.11 Å². The quantitative estimate of drug-likeness (QED) is 0.897. The van der Waals surface area contributed by atoms with Crippen LogP contribution in [0.2, 0.25) is 0 Å². The standard InChI is InChI=1S/C14H14O4/c1-17-12-4-2-3-10(7-12)5-6-13-8-11(15)9-14(16)18-13/h2-4,7-9,15H,5-6H2,1H3. The molecule has 4 heteroatoms. The smallest absolute Gasteiger partial charge is 0.339 e. The number of hydrogen-bond acceptors (Lipinski definition) is 4. The second-order valence-corrected chi connectivity index (χ2v) is 3.95. The summed E-state index contributed by atoms with van der Waals surface area (Å²) in [6, 6.07) is 10.2. The van der Waals surface area contributed by atoms with Crippen LogP contribution < -0.4 is 10.4 Å². The van der Waals surface area contributed by atoms with Gasteiger partial charge in [0.2, 0.25) is 0 Å². The van der Waals surface area contributed by atoms with E-state index in [0.717, 1.165) is 17.4 Å². The van der Waals surface area contributed by atoms with Crippen LogP contribution in [0.4, 0.5) is 0 Å².